The lowest BCUT2D eigenvalue weighted by Crippen LogP contribution is -2.54. The van der Waals surface area contributed by atoms with E-state index in [1.54, 1.807) is 0 Å². The van der Waals surface area contributed by atoms with Crippen molar-refractivity contribution in [3.63, 3.8) is 0 Å². The zero-order chi connectivity index (χ0) is 22.4. The molecule has 2 aliphatic carbocycles. The van der Waals surface area contributed by atoms with Crippen LogP contribution in [0.25, 0.3) is 11.0 Å². The Kier molecular flexibility index (Phi) is 5.59. The number of aromatic amines is 1. The fraction of sp³-hybridized carbons (Fsp3) is 0.640. The molecule has 2 amide bonds. The standard InChI is InChI=1S/C25H34N4O3/c1-14(2)21(28-25(31)32-3)24(30)29-18-10-8-17(12-18)22(29)23-26-19-11-9-16(13-20(19)27-23)15-6-4-5-7-15/h9,11,13-15,17-18,21-22H,4-8,10,12H2,1-3H3,(H,26,27)(H,28,31)/t17?,18?,21-,22?/m0/s1. The molecule has 3 fully saturated rings. The number of likely N-dealkylation sites (tertiary alicyclic amines) is 1. The van der Waals surface area contributed by atoms with Crippen molar-refractivity contribution in [1.29, 1.82) is 0 Å². The normalized spacial score (nSPS) is 26.2. The van der Waals surface area contributed by atoms with Crippen molar-refractivity contribution in [1.82, 2.24) is 20.2 Å². The molecule has 0 spiro atoms. The molecule has 3 unspecified atom stereocenters. The minimum atomic E-state index is -0.609. The molecule has 7 nitrogen and oxygen atoms in total. The fourth-order valence-corrected chi connectivity index (χ4v) is 6.22. The molecule has 2 N–H and O–H groups in total. The number of hydrogen-bond donors (Lipinski definition) is 2. The highest BCUT2D eigenvalue weighted by molar-refractivity contribution is 5.87. The lowest BCUT2D eigenvalue weighted by atomic mass is 9.95. The predicted molar refractivity (Wildman–Crippen MR) is 122 cm³/mol. The second-order valence-corrected chi connectivity index (χ2v) is 10.2. The first-order valence-electron chi connectivity index (χ1n) is 12.1. The van der Waals surface area contributed by atoms with Crippen LogP contribution in [0.3, 0.4) is 0 Å². The van der Waals surface area contributed by atoms with E-state index in [2.05, 4.69) is 28.5 Å². The van der Waals surface area contributed by atoms with Gasteiger partial charge in [0.2, 0.25) is 5.91 Å². The summed E-state index contributed by atoms with van der Waals surface area (Å²) in [6.45, 7) is 3.90. The highest BCUT2D eigenvalue weighted by atomic mass is 16.5. The summed E-state index contributed by atoms with van der Waals surface area (Å²) in [7, 11) is 1.33. The third-order valence-electron chi connectivity index (χ3n) is 7.86. The molecule has 2 aromatic rings. The summed E-state index contributed by atoms with van der Waals surface area (Å²) >= 11 is 0. The number of methoxy groups -OCH3 is 1. The number of hydrogen-bond acceptors (Lipinski definition) is 4. The van der Waals surface area contributed by atoms with E-state index in [0.29, 0.717) is 11.8 Å². The quantitative estimate of drug-likeness (QED) is 0.711. The van der Waals surface area contributed by atoms with E-state index in [4.69, 9.17) is 9.72 Å². The molecule has 4 atom stereocenters. The lowest BCUT2D eigenvalue weighted by molar-refractivity contribution is -0.139. The molecule has 2 bridgehead atoms. The molecule has 32 heavy (non-hydrogen) atoms. The number of nitrogens with one attached hydrogen (secondary N) is 2. The first-order valence-corrected chi connectivity index (χ1v) is 12.1. The molecule has 2 saturated carbocycles. The van der Waals surface area contributed by atoms with Gasteiger partial charge in [-0.25, -0.2) is 9.78 Å². The number of H-pyrrole nitrogens is 1. The number of fused-ring (bicyclic) bond motifs is 3. The van der Waals surface area contributed by atoms with E-state index in [-0.39, 0.29) is 23.9 Å². The minimum Gasteiger partial charge on any atom is -0.453 e. The van der Waals surface area contributed by atoms with Crippen molar-refractivity contribution in [2.75, 3.05) is 7.11 Å². The Balaban J connectivity index is 1.45. The van der Waals surface area contributed by atoms with Crippen molar-refractivity contribution in [2.45, 2.75) is 82.8 Å². The highest BCUT2D eigenvalue weighted by Gasteiger charge is 2.51. The Labute approximate surface area is 189 Å². The van der Waals surface area contributed by atoms with Gasteiger partial charge in [-0.3, -0.25) is 4.79 Å². The maximum Gasteiger partial charge on any atom is 0.407 e. The van der Waals surface area contributed by atoms with E-state index in [1.165, 1.54) is 38.4 Å². The van der Waals surface area contributed by atoms with Crippen LogP contribution in [0.4, 0.5) is 4.79 Å². The molecular formula is C25H34N4O3. The monoisotopic (exact) mass is 438 g/mol. The minimum absolute atomic E-state index is 0.0327. The van der Waals surface area contributed by atoms with Gasteiger partial charge >= 0.3 is 6.09 Å². The number of alkyl carbamates (subject to hydrolysis) is 1. The zero-order valence-corrected chi connectivity index (χ0v) is 19.3. The maximum atomic E-state index is 13.7. The Bertz CT molecular complexity index is 1010. The van der Waals surface area contributed by atoms with Gasteiger partial charge < -0.3 is 19.9 Å². The second kappa shape index (κ2) is 8.41. The number of rotatable bonds is 5. The summed E-state index contributed by atoms with van der Waals surface area (Å²) in [5, 5.41) is 2.76. The first-order chi connectivity index (χ1) is 15.5. The van der Waals surface area contributed by atoms with Crippen molar-refractivity contribution in [2.24, 2.45) is 11.8 Å². The van der Waals surface area contributed by atoms with Crippen LogP contribution in [0, 0.1) is 11.8 Å². The van der Waals surface area contributed by atoms with Crippen LogP contribution in [-0.2, 0) is 9.53 Å². The van der Waals surface area contributed by atoms with Crippen molar-refractivity contribution < 1.29 is 14.3 Å². The van der Waals surface area contributed by atoms with Gasteiger partial charge in [-0.2, -0.15) is 0 Å². The topological polar surface area (TPSA) is 87.3 Å². The summed E-state index contributed by atoms with van der Waals surface area (Å²) in [6, 6.07) is 6.14. The average molecular weight is 439 g/mol. The highest BCUT2D eigenvalue weighted by Crippen LogP contribution is 2.50. The number of amides is 2. The number of ether oxygens (including phenoxy) is 1. The third-order valence-corrected chi connectivity index (χ3v) is 7.86. The van der Waals surface area contributed by atoms with Crippen LogP contribution in [0.5, 0.6) is 0 Å². The van der Waals surface area contributed by atoms with Crippen molar-refractivity contribution >= 4 is 23.0 Å². The van der Waals surface area contributed by atoms with Crippen molar-refractivity contribution in [3.8, 4) is 0 Å². The van der Waals surface area contributed by atoms with E-state index in [0.717, 1.165) is 36.1 Å². The van der Waals surface area contributed by atoms with E-state index in [1.807, 2.05) is 18.7 Å². The fourth-order valence-electron chi connectivity index (χ4n) is 6.22. The van der Waals surface area contributed by atoms with Gasteiger partial charge in [0, 0.05) is 6.04 Å². The summed E-state index contributed by atoms with van der Waals surface area (Å²) < 4.78 is 4.77. The van der Waals surface area contributed by atoms with Gasteiger partial charge in [0.15, 0.2) is 0 Å². The largest absolute Gasteiger partial charge is 0.453 e. The van der Waals surface area contributed by atoms with Crippen LogP contribution in [0.15, 0.2) is 18.2 Å². The molecular weight excluding hydrogens is 404 g/mol. The molecule has 172 valence electrons. The average Bonchev–Trinajstić information content (AvgIpc) is 3.58. The van der Waals surface area contributed by atoms with Crippen LogP contribution >= 0.6 is 0 Å². The number of aromatic nitrogens is 2. The van der Waals surface area contributed by atoms with Gasteiger partial charge in [-0.15, -0.1) is 0 Å². The number of benzene rings is 1. The molecule has 1 aliphatic heterocycles. The third kappa shape index (κ3) is 3.65. The number of piperidine rings is 1. The molecule has 2 heterocycles. The Morgan fingerprint density at radius 1 is 1.19 bits per heavy atom. The number of carbonyl (C=O) groups excluding carboxylic acids is 2. The van der Waals surface area contributed by atoms with Crippen LogP contribution in [0.2, 0.25) is 0 Å². The molecule has 3 aliphatic rings. The van der Waals surface area contributed by atoms with Crippen molar-refractivity contribution in [3.05, 3.63) is 29.6 Å². The molecule has 5 rings (SSSR count). The summed E-state index contributed by atoms with van der Waals surface area (Å²) in [5.74, 6) is 1.87. The van der Waals surface area contributed by atoms with E-state index < -0.39 is 12.1 Å². The SMILES string of the molecule is COC(=O)N[C@H](C(=O)N1C2CCC(C2)C1c1nc2ccc(C3CCCC3)cc2[nH]1)C(C)C. The number of nitrogens with zero attached hydrogens (tertiary/aromatic N) is 2. The second-order valence-electron chi connectivity index (χ2n) is 10.2. The molecule has 1 saturated heterocycles. The van der Waals surface area contributed by atoms with Gasteiger partial charge in [0.25, 0.3) is 0 Å². The number of imidazole rings is 1. The summed E-state index contributed by atoms with van der Waals surface area (Å²) in [6.07, 6.45) is 7.73. The predicted octanol–water partition coefficient (Wildman–Crippen LogP) is 4.65. The molecule has 1 aromatic heterocycles. The number of carbonyl (C=O) groups is 2. The van der Waals surface area contributed by atoms with Gasteiger partial charge in [-0.05, 0) is 67.6 Å². The summed E-state index contributed by atoms with van der Waals surface area (Å²) in [4.78, 5) is 36.1. The Morgan fingerprint density at radius 2 is 1.97 bits per heavy atom. The van der Waals surface area contributed by atoms with E-state index >= 15 is 0 Å². The Hall–Kier alpha value is -2.57. The van der Waals surface area contributed by atoms with Gasteiger partial charge in [0.1, 0.15) is 11.9 Å². The molecule has 1 aromatic carbocycles. The Morgan fingerprint density at radius 3 is 2.69 bits per heavy atom. The molecule has 0 radical (unpaired) electrons. The zero-order valence-electron chi connectivity index (χ0n) is 19.3. The van der Waals surface area contributed by atoms with Gasteiger partial charge in [-0.1, -0.05) is 32.8 Å². The maximum absolute atomic E-state index is 13.7. The summed E-state index contributed by atoms with van der Waals surface area (Å²) in [5.41, 5.74) is 3.42. The first kappa shape index (κ1) is 21.3. The van der Waals surface area contributed by atoms with Gasteiger partial charge in [0.05, 0.1) is 24.2 Å². The van der Waals surface area contributed by atoms with Crippen LogP contribution in [0.1, 0.15) is 82.1 Å². The molecule has 7 heteroatoms. The smallest absolute Gasteiger partial charge is 0.407 e. The van der Waals surface area contributed by atoms with Crippen LogP contribution < -0.4 is 5.32 Å². The van der Waals surface area contributed by atoms with Crippen LogP contribution in [-0.4, -0.2) is 46.1 Å². The van der Waals surface area contributed by atoms with E-state index in [9.17, 15) is 9.59 Å². The lowest BCUT2D eigenvalue weighted by Gasteiger charge is -2.37.